The van der Waals surface area contributed by atoms with Crippen molar-refractivity contribution in [2.75, 3.05) is 19.6 Å². The molecule has 4 rings (SSSR count). The Morgan fingerprint density at radius 2 is 2.12 bits per heavy atom. The van der Waals surface area contributed by atoms with Crippen LogP contribution < -0.4 is 10.9 Å². The van der Waals surface area contributed by atoms with E-state index in [0.29, 0.717) is 19.0 Å². The second-order valence-corrected chi connectivity index (χ2v) is 8.77. The summed E-state index contributed by atoms with van der Waals surface area (Å²) in [5, 5.41) is 3.17. The Morgan fingerprint density at radius 3 is 2.88 bits per heavy atom. The number of pyridine rings is 1. The second kappa shape index (κ2) is 6.60. The molecule has 26 heavy (non-hydrogen) atoms. The number of likely N-dealkylation sites (tertiary alicyclic amines) is 1. The number of carbonyl (C=O) groups is 1. The standard InChI is InChI=1S/C21H29N3O2/c1-21(2,17-6-3-4-7-17)14-22-20(26)23-11-15-10-16(13-23)18-8-5-9-19(25)24(18)12-15/h5-6,8-9,15-16H,3-4,7,10-14H2,1-2H3,(H,22,26)/t15-,16+/m0/s1. The van der Waals surface area contributed by atoms with E-state index in [2.05, 4.69) is 25.2 Å². The van der Waals surface area contributed by atoms with Crippen LogP contribution in [0.2, 0.25) is 0 Å². The van der Waals surface area contributed by atoms with Gasteiger partial charge in [0.25, 0.3) is 5.56 Å². The Morgan fingerprint density at radius 1 is 1.27 bits per heavy atom. The first-order valence-electron chi connectivity index (χ1n) is 9.86. The summed E-state index contributed by atoms with van der Waals surface area (Å²) >= 11 is 0. The Bertz CT molecular complexity index is 793. The Labute approximate surface area is 155 Å². The van der Waals surface area contributed by atoms with Crippen LogP contribution in [-0.2, 0) is 6.54 Å². The van der Waals surface area contributed by atoms with Crippen molar-refractivity contribution in [2.45, 2.75) is 52.0 Å². The highest BCUT2D eigenvalue weighted by atomic mass is 16.2. The van der Waals surface area contributed by atoms with Crippen molar-refractivity contribution in [3.8, 4) is 0 Å². The van der Waals surface area contributed by atoms with Crippen LogP contribution in [0.4, 0.5) is 4.79 Å². The molecule has 0 saturated carbocycles. The van der Waals surface area contributed by atoms with Crippen molar-refractivity contribution < 1.29 is 4.79 Å². The number of nitrogens with one attached hydrogen (secondary N) is 1. The van der Waals surface area contributed by atoms with Crippen molar-refractivity contribution in [1.82, 2.24) is 14.8 Å². The van der Waals surface area contributed by atoms with Crippen LogP contribution in [-0.4, -0.2) is 35.1 Å². The van der Waals surface area contributed by atoms with Gasteiger partial charge in [0.15, 0.2) is 0 Å². The van der Waals surface area contributed by atoms with Gasteiger partial charge in [0.2, 0.25) is 0 Å². The third-order valence-electron chi connectivity index (χ3n) is 6.36. The number of piperidine rings is 1. The highest BCUT2D eigenvalue weighted by molar-refractivity contribution is 5.74. The molecule has 5 nitrogen and oxygen atoms in total. The molecule has 2 aliphatic heterocycles. The predicted octanol–water partition coefficient (Wildman–Crippen LogP) is 3.11. The predicted molar refractivity (Wildman–Crippen MR) is 102 cm³/mol. The van der Waals surface area contributed by atoms with Gasteiger partial charge in [-0.25, -0.2) is 4.79 Å². The molecular formula is C21H29N3O2. The van der Waals surface area contributed by atoms with Crippen LogP contribution in [0.3, 0.4) is 0 Å². The molecule has 2 atom stereocenters. The molecule has 1 fully saturated rings. The van der Waals surface area contributed by atoms with Gasteiger partial charge in [-0.1, -0.05) is 31.6 Å². The zero-order valence-corrected chi connectivity index (χ0v) is 15.8. The number of fused-ring (bicyclic) bond motifs is 4. The molecule has 2 bridgehead atoms. The molecule has 0 aromatic carbocycles. The summed E-state index contributed by atoms with van der Waals surface area (Å²) in [5.74, 6) is 0.644. The minimum Gasteiger partial charge on any atom is -0.337 e. The minimum absolute atomic E-state index is 0.0255. The summed E-state index contributed by atoms with van der Waals surface area (Å²) < 4.78 is 1.91. The molecule has 1 aromatic rings. The van der Waals surface area contributed by atoms with Gasteiger partial charge in [0.1, 0.15) is 0 Å². The molecule has 3 aliphatic rings. The lowest BCUT2D eigenvalue weighted by atomic mass is 9.83. The van der Waals surface area contributed by atoms with Gasteiger partial charge in [0, 0.05) is 49.3 Å². The smallest absolute Gasteiger partial charge is 0.317 e. The maximum atomic E-state index is 12.8. The molecule has 1 aliphatic carbocycles. The molecule has 1 N–H and O–H groups in total. The molecule has 0 unspecified atom stereocenters. The van der Waals surface area contributed by atoms with Crippen molar-refractivity contribution in [1.29, 1.82) is 0 Å². The maximum absolute atomic E-state index is 12.8. The molecule has 0 spiro atoms. The summed E-state index contributed by atoms with van der Waals surface area (Å²) in [4.78, 5) is 26.9. The van der Waals surface area contributed by atoms with Gasteiger partial charge < -0.3 is 14.8 Å². The number of aromatic nitrogens is 1. The van der Waals surface area contributed by atoms with Crippen molar-refractivity contribution in [3.63, 3.8) is 0 Å². The fraction of sp³-hybridized carbons (Fsp3) is 0.619. The lowest BCUT2D eigenvalue weighted by molar-refractivity contribution is 0.129. The van der Waals surface area contributed by atoms with Crippen LogP contribution in [0.1, 0.15) is 51.1 Å². The largest absolute Gasteiger partial charge is 0.337 e. The van der Waals surface area contributed by atoms with E-state index in [1.165, 1.54) is 18.4 Å². The zero-order chi connectivity index (χ0) is 18.3. The number of allylic oxidation sites excluding steroid dienone is 1. The van der Waals surface area contributed by atoms with E-state index in [1.807, 2.05) is 21.6 Å². The first-order chi connectivity index (χ1) is 12.4. The number of urea groups is 1. The van der Waals surface area contributed by atoms with Gasteiger partial charge >= 0.3 is 6.03 Å². The van der Waals surface area contributed by atoms with E-state index < -0.39 is 0 Å². The quantitative estimate of drug-likeness (QED) is 0.847. The molecule has 140 valence electrons. The van der Waals surface area contributed by atoms with Gasteiger partial charge in [-0.05, 0) is 37.7 Å². The normalized spacial score (nSPS) is 24.8. The van der Waals surface area contributed by atoms with Crippen molar-refractivity contribution in [3.05, 3.63) is 45.9 Å². The molecule has 2 amide bonds. The number of hydrogen-bond acceptors (Lipinski definition) is 2. The monoisotopic (exact) mass is 355 g/mol. The molecule has 0 radical (unpaired) electrons. The van der Waals surface area contributed by atoms with Crippen molar-refractivity contribution in [2.24, 2.45) is 11.3 Å². The lowest BCUT2D eigenvalue weighted by Gasteiger charge is -2.43. The highest BCUT2D eigenvalue weighted by Gasteiger charge is 2.36. The molecule has 1 aromatic heterocycles. The Balaban J connectivity index is 1.42. The molecule has 1 saturated heterocycles. The lowest BCUT2D eigenvalue weighted by Crippen LogP contribution is -2.52. The Hall–Kier alpha value is -2.04. The average Bonchev–Trinajstić information content (AvgIpc) is 3.16. The third-order valence-corrected chi connectivity index (χ3v) is 6.36. The van der Waals surface area contributed by atoms with E-state index in [4.69, 9.17) is 0 Å². The van der Waals surface area contributed by atoms with Gasteiger partial charge in [-0.2, -0.15) is 0 Å². The molecular weight excluding hydrogens is 326 g/mol. The van der Waals surface area contributed by atoms with E-state index in [0.717, 1.165) is 31.6 Å². The highest BCUT2D eigenvalue weighted by Crippen LogP contribution is 2.36. The SMILES string of the molecule is CC(C)(CNC(=O)N1C[C@@H]2C[C@H](C1)c1cccc(=O)n1C2)C1=CCCC1. The summed E-state index contributed by atoms with van der Waals surface area (Å²) in [6.45, 7) is 7.30. The zero-order valence-electron chi connectivity index (χ0n) is 15.8. The van der Waals surface area contributed by atoms with Gasteiger partial charge in [-0.15, -0.1) is 0 Å². The summed E-state index contributed by atoms with van der Waals surface area (Å²) in [7, 11) is 0. The summed E-state index contributed by atoms with van der Waals surface area (Å²) in [6.07, 6.45) is 6.97. The summed E-state index contributed by atoms with van der Waals surface area (Å²) in [6, 6.07) is 5.55. The van der Waals surface area contributed by atoms with Crippen molar-refractivity contribution >= 4 is 6.03 Å². The van der Waals surface area contributed by atoms with Crippen LogP contribution >= 0.6 is 0 Å². The average molecular weight is 355 g/mol. The first-order valence-corrected chi connectivity index (χ1v) is 9.86. The molecule has 3 heterocycles. The van der Waals surface area contributed by atoms with Gasteiger partial charge in [-0.3, -0.25) is 4.79 Å². The maximum Gasteiger partial charge on any atom is 0.317 e. The van der Waals surface area contributed by atoms with Crippen LogP contribution in [0.25, 0.3) is 0 Å². The number of carbonyl (C=O) groups excluding carboxylic acids is 1. The minimum atomic E-state index is 0.0255. The van der Waals surface area contributed by atoms with E-state index >= 15 is 0 Å². The number of rotatable bonds is 3. The molecule has 5 heteroatoms. The number of nitrogens with zero attached hydrogens (tertiary/aromatic N) is 2. The fourth-order valence-electron chi connectivity index (χ4n) is 4.87. The Kier molecular flexibility index (Phi) is 4.41. The second-order valence-electron chi connectivity index (χ2n) is 8.77. The van der Waals surface area contributed by atoms with E-state index in [9.17, 15) is 9.59 Å². The van der Waals surface area contributed by atoms with Crippen LogP contribution in [0, 0.1) is 11.3 Å². The van der Waals surface area contributed by atoms with Gasteiger partial charge in [0.05, 0.1) is 0 Å². The topological polar surface area (TPSA) is 54.3 Å². The van der Waals surface area contributed by atoms with Crippen LogP contribution in [0.5, 0.6) is 0 Å². The first kappa shape index (κ1) is 17.4. The van der Waals surface area contributed by atoms with E-state index in [1.54, 1.807) is 6.07 Å². The van der Waals surface area contributed by atoms with Crippen LogP contribution in [0.15, 0.2) is 34.6 Å². The third kappa shape index (κ3) is 3.19. The number of hydrogen-bond donors (Lipinski definition) is 1. The number of amides is 2. The summed E-state index contributed by atoms with van der Waals surface area (Å²) in [5.41, 5.74) is 2.67. The fourth-order valence-corrected chi connectivity index (χ4v) is 4.87. The van der Waals surface area contributed by atoms with E-state index in [-0.39, 0.29) is 22.9 Å².